The topological polar surface area (TPSA) is 98.0 Å². The first-order valence-electron chi connectivity index (χ1n) is 11.8. The lowest BCUT2D eigenvalue weighted by molar-refractivity contribution is 0.278. The molecule has 0 aliphatic carbocycles. The van der Waals surface area contributed by atoms with E-state index in [1.165, 1.54) is 6.33 Å². The highest BCUT2D eigenvalue weighted by Gasteiger charge is 2.26. The number of halogens is 1. The first kappa shape index (κ1) is 22.7. The fourth-order valence-corrected chi connectivity index (χ4v) is 4.09. The minimum Gasteiger partial charge on any atom is -0.462 e. The lowest BCUT2D eigenvalue weighted by atomic mass is 10.1. The number of fused-ring (bicyclic) bond motifs is 2. The van der Waals surface area contributed by atoms with E-state index in [4.69, 9.17) is 9.47 Å². The van der Waals surface area contributed by atoms with Crippen LogP contribution in [-0.2, 0) is 4.74 Å². The molecule has 0 saturated heterocycles. The van der Waals surface area contributed by atoms with Crippen LogP contribution in [0.25, 0.3) is 16.6 Å². The zero-order valence-electron chi connectivity index (χ0n) is 20.5. The number of aromatic nitrogens is 4. The summed E-state index contributed by atoms with van der Waals surface area (Å²) in [5.41, 5.74) is 2.59. The summed E-state index contributed by atoms with van der Waals surface area (Å²) in [7, 11) is 0. The molecular formula is C27H24FN7O2. The van der Waals surface area contributed by atoms with Crippen LogP contribution in [0.4, 0.5) is 21.6 Å². The van der Waals surface area contributed by atoms with Crippen molar-refractivity contribution < 1.29 is 13.9 Å². The standard InChI is InChI=1S/C27H24FN7O2/c1-16-22(37-18-8-10-35-11-9-29-23(35)13-18)7-6-21(24(16)28)33-25-19-12-17(4-5-20(19)30-15-31-25)32-26-34-27(2,3)14-36-26/h4-13,15H,14H2,1-3H3,(H,32,34)(H,30,31,33). The number of rotatable bonds is 5. The van der Waals surface area contributed by atoms with Crippen LogP contribution in [0.2, 0.25) is 0 Å². The van der Waals surface area contributed by atoms with Gasteiger partial charge < -0.3 is 24.5 Å². The molecule has 0 saturated carbocycles. The van der Waals surface area contributed by atoms with Crippen LogP contribution in [0.3, 0.4) is 0 Å². The van der Waals surface area contributed by atoms with Crippen LogP contribution >= 0.6 is 0 Å². The van der Waals surface area contributed by atoms with E-state index in [2.05, 4.69) is 30.6 Å². The number of benzene rings is 2. The molecule has 2 N–H and O–H groups in total. The molecule has 0 unspecified atom stereocenters. The van der Waals surface area contributed by atoms with E-state index < -0.39 is 5.82 Å². The van der Waals surface area contributed by atoms with Crippen molar-refractivity contribution in [1.82, 2.24) is 19.4 Å². The first-order valence-corrected chi connectivity index (χ1v) is 11.8. The highest BCUT2D eigenvalue weighted by Crippen LogP contribution is 2.33. The summed E-state index contributed by atoms with van der Waals surface area (Å²) >= 11 is 0. The van der Waals surface area contributed by atoms with Crippen molar-refractivity contribution in [3.63, 3.8) is 0 Å². The number of pyridine rings is 1. The van der Waals surface area contributed by atoms with Crippen LogP contribution in [0.15, 0.2) is 72.4 Å². The summed E-state index contributed by atoms with van der Waals surface area (Å²) in [4.78, 5) is 17.5. The largest absolute Gasteiger partial charge is 0.462 e. The van der Waals surface area contributed by atoms with Crippen molar-refractivity contribution in [2.24, 2.45) is 4.99 Å². The number of hydrogen-bond acceptors (Lipinski definition) is 8. The molecule has 0 bridgehead atoms. The highest BCUT2D eigenvalue weighted by atomic mass is 19.1. The summed E-state index contributed by atoms with van der Waals surface area (Å²) in [6, 6.07) is 13.0. The molecule has 0 fully saturated rings. The lowest BCUT2D eigenvalue weighted by Crippen LogP contribution is -2.17. The minimum atomic E-state index is -0.434. The molecule has 10 heteroatoms. The molecule has 1 aliphatic rings. The summed E-state index contributed by atoms with van der Waals surface area (Å²) in [6.07, 6.45) is 6.84. The van der Waals surface area contributed by atoms with Gasteiger partial charge in [-0.25, -0.2) is 24.3 Å². The Morgan fingerprint density at radius 2 is 1.92 bits per heavy atom. The van der Waals surface area contributed by atoms with Crippen LogP contribution in [0, 0.1) is 12.7 Å². The summed E-state index contributed by atoms with van der Waals surface area (Å²) in [6.45, 7) is 6.19. The van der Waals surface area contributed by atoms with Gasteiger partial charge in [0.1, 0.15) is 35.9 Å². The van der Waals surface area contributed by atoms with Gasteiger partial charge in [-0.1, -0.05) is 0 Å². The second-order valence-corrected chi connectivity index (χ2v) is 9.43. The monoisotopic (exact) mass is 497 g/mol. The molecule has 5 aromatic rings. The average Bonchev–Trinajstić information content (AvgIpc) is 3.49. The molecule has 9 nitrogen and oxygen atoms in total. The molecule has 37 heavy (non-hydrogen) atoms. The van der Waals surface area contributed by atoms with Gasteiger partial charge in [-0.05, 0) is 57.2 Å². The smallest absolute Gasteiger partial charge is 0.289 e. The van der Waals surface area contributed by atoms with E-state index in [-0.39, 0.29) is 11.2 Å². The lowest BCUT2D eigenvalue weighted by Gasteiger charge is -2.14. The molecular weight excluding hydrogens is 473 g/mol. The fraction of sp³-hybridized carbons (Fsp3) is 0.185. The van der Waals surface area contributed by atoms with Crippen molar-refractivity contribution >= 4 is 39.8 Å². The van der Waals surface area contributed by atoms with Crippen molar-refractivity contribution in [2.45, 2.75) is 26.3 Å². The Morgan fingerprint density at radius 3 is 2.76 bits per heavy atom. The van der Waals surface area contributed by atoms with Gasteiger partial charge in [-0.2, -0.15) is 0 Å². The molecule has 2 aromatic carbocycles. The van der Waals surface area contributed by atoms with E-state index in [1.807, 2.05) is 48.8 Å². The summed E-state index contributed by atoms with van der Waals surface area (Å²) < 4.78 is 28.9. The maximum absolute atomic E-state index is 15.4. The zero-order valence-corrected chi connectivity index (χ0v) is 20.5. The van der Waals surface area contributed by atoms with E-state index in [1.54, 1.807) is 37.4 Å². The number of hydrogen-bond donors (Lipinski definition) is 2. The molecule has 186 valence electrons. The van der Waals surface area contributed by atoms with Gasteiger partial charge in [0.25, 0.3) is 6.02 Å². The summed E-state index contributed by atoms with van der Waals surface area (Å²) in [5.74, 6) is 1.03. The molecule has 4 heterocycles. The SMILES string of the molecule is Cc1c(Oc2ccn3ccnc3c2)ccc(Nc2ncnc3ccc(NC4=NC(C)(C)CO4)cc23)c1F. The molecule has 0 radical (unpaired) electrons. The normalized spacial score (nSPS) is 14.4. The predicted octanol–water partition coefficient (Wildman–Crippen LogP) is 5.84. The molecule has 1 aliphatic heterocycles. The number of nitrogens with one attached hydrogen (secondary N) is 2. The molecule has 0 atom stereocenters. The van der Waals surface area contributed by atoms with E-state index in [0.29, 0.717) is 41.0 Å². The third-order valence-electron chi connectivity index (χ3n) is 6.04. The van der Waals surface area contributed by atoms with Gasteiger partial charge in [0.05, 0.1) is 16.7 Å². The second kappa shape index (κ2) is 8.74. The fourth-order valence-electron chi connectivity index (χ4n) is 4.09. The third kappa shape index (κ3) is 4.49. The maximum Gasteiger partial charge on any atom is 0.289 e. The number of nitrogens with zero attached hydrogens (tertiary/aromatic N) is 5. The Morgan fingerprint density at radius 1 is 1.03 bits per heavy atom. The summed E-state index contributed by atoms with van der Waals surface area (Å²) in [5, 5.41) is 7.02. The number of aliphatic imine (C=N–C) groups is 1. The predicted molar refractivity (Wildman–Crippen MR) is 140 cm³/mol. The Hall–Kier alpha value is -4.73. The number of ether oxygens (including phenoxy) is 2. The average molecular weight is 498 g/mol. The molecule has 0 amide bonds. The third-order valence-corrected chi connectivity index (χ3v) is 6.04. The highest BCUT2D eigenvalue weighted by molar-refractivity contribution is 5.97. The van der Waals surface area contributed by atoms with Crippen LogP contribution in [-0.4, -0.2) is 37.5 Å². The first-order chi connectivity index (χ1) is 17.8. The van der Waals surface area contributed by atoms with Crippen molar-refractivity contribution in [2.75, 3.05) is 17.2 Å². The van der Waals surface area contributed by atoms with E-state index in [9.17, 15) is 0 Å². The minimum absolute atomic E-state index is 0.272. The van der Waals surface area contributed by atoms with Crippen LogP contribution in [0.1, 0.15) is 19.4 Å². The van der Waals surface area contributed by atoms with Crippen LogP contribution in [0.5, 0.6) is 11.5 Å². The van der Waals surface area contributed by atoms with Gasteiger partial charge in [0.15, 0.2) is 5.82 Å². The van der Waals surface area contributed by atoms with E-state index >= 15 is 4.39 Å². The van der Waals surface area contributed by atoms with E-state index in [0.717, 1.165) is 16.7 Å². The Labute approximate surface area is 212 Å². The van der Waals surface area contributed by atoms with Gasteiger partial charge in [-0.15, -0.1) is 0 Å². The quantitative estimate of drug-likeness (QED) is 0.315. The molecule has 6 rings (SSSR count). The Balaban J connectivity index is 1.27. The van der Waals surface area contributed by atoms with Gasteiger partial charge in [-0.3, -0.25) is 0 Å². The number of amidine groups is 1. The number of imidazole rings is 1. The second-order valence-electron chi connectivity index (χ2n) is 9.43. The molecule has 0 spiro atoms. The number of anilines is 3. The van der Waals surface area contributed by atoms with Gasteiger partial charge in [0, 0.05) is 41.3 Å². The van der Waals surface area contributed by atoms with Crippen molar-refractivity contribution in [3.05, 3.63) is 78.8 Å². The zero-order chi connectivity index (χ0) is 25.6. The Kier molecular flexibility index (Phi) is 5.36. The Bertz CT molecular complexity index is 1680. The van der Waals surface area contributed by atoms with Crippen LogP contribution < -0.4 is 15.4 Å². The van der Waals surface area contributed by atoms with Gasteiger partial charge in [0.2, 0.25) is 0 Å². The maximum atomic E-state index is 15.4. The van der Waals surface area contributed by atoms with Crippen molar-refractivity contribution in [3.8, 4) is 11.5 Å². The molecule has 3 aromatic heterocycles. The van der Waals surface area contributed by atoms with Gasteiger partial charge >= 0.3 is 0 Å². The van der Waals surface area contributed by atoms with Crippen molar-refractivity contribution in [1.29, 1.82) is 0 Å².